The van der Waals surface area contributed by atoms with Crippen LogP contribution in [-0.2, 0) is 14.6 Å². The van der Waals surface area contributed by atoms with Crippen LogP contribution in [0.5, 0.6) is 0 Å². The molecule has 0 aromatic rings. The van der Waals surface area contributed by atoms with Gasteiger partial charge < -0.3 is 10.6 Å². The lowest BCUT2D eigenvalue weighted by molar-refractivity contribution is -0.125. The van der Waals surface area contributed by atoms with Gasteiger partial charge >= 0.3 is 0 Å². The summed E-state index contributed by atoms with van der Waals surface area (Å²) in [5.41, 5.74) is 0. The number of amides is 1. The third-order valence-electron chi connectivity index (χ3n) is 5.41. The Morgan fingerprint density at radius 2 is 1.77 bits per heavy atom. The van der Waals surface area contributed by atoms with Crippen molar-refractivity contribution < 1.29 is 13.2 Å². The molecule has 2 fully saturated rings. The van der Waals surface area contributed by atoms with E-state index in [0.29, 0.717) is 25.9 Å². The van der Waals surface area contributed by atoms with Gasteiger partial charge in [0.05, 0.1) is 0 Å². The standard InChI is InChI=1S/C16H30N2O3S/c1-3-4-13-5-7-14(8-6-13)18-15(19)16(22(2,20)21)9-11-17-12-10-16/h13-14,17H,3-12H2,1-2H3,(H,18,19). The summed E-state index contributed by atoms with van der Waals surface area (Å²) in [4.78, 5) is 12.7. The third kappa shape index (κ3) is 3.82. The first-order valence-corrected chi connectivity index (χ1v) is 10.5. The number of sulfone groups is 1. The summed E-state index contributed by atoms with van der Waals surface area (Å²) in [5, 5.41) is 6.20. The van der Waals surface area contributed by atoms with E-state index in [1.807, 2.05) is 0 Å². The van der Waals surface area contributed by atoms with E-state index in [1.54, 1.807) is 0 Å². The van der Waals surface area contributed by atoms with Gasteiger partial charge in [-0.05, 0) is 57.5 Å². The molecule has 128 valence electrons. The Hall–Kier alpha value is -0.620. The first-order valence-electron chi connectivity index (χ1n) is 8.60. The molecule has 1 amide bonds. The molecule has 2 N–H and O–H groups in total. The Morgan fingerprint density at radius 3 is 2.27 bits per heavy atom. The van der Waals surface area contributed by atoms with Gasteiger partial charge in [-0.25, -0.2) is 8.42 Å². The van der Waals surface area contributed by atoms with E-state index < -0.39 is 14.6 Å². The van der Waals surface area contributed by atoms with Gasteiger partial charge in [0.1, 0.15) is 0 Å². The maximum Gasteiger partial charge on any atom is 0.241 e. The van der Waals surface area contributed by atoms with Gasteiger partial charge in [0.2, 0.25) is 5.91 Å². The van der Waals surface area contributed by atoms with Crippen LogP contribution in [-0.4, -0.2) is 44.5 Å². The number of hydrogen-bond donors (Lipinski definition) is 2. The molecule has 22 heavy (non-hydrogen) atoms. The Labute approximate surface area is 134 Å². The second-order valence-electron chi connectivity index (χ2n) is 7.00. The molecule has 1 aliphatic carbocycles. The monoisotopic (exact) mass is 330 g/mol. The van der Waals surface area contributed by atoms with Gasteiger partial charge in [-0.3, -0.25) is 4.79 Å². The van der Waals surface area contributed by atoms with Gasteiger partial charge in [0, 0.05) is 12.3 Å². The minimum Gasteiger partial charge on any atom is -0.352 e. The summed E-state index contributed by atoms with van der Waals surface area (Å²) in [6.45, 7) is 3.38. The van der Waals surface area contributed by atoms with Crippen molar-refractivity contribution in [3.05, 3.63) is 0 Å². The molecular weight excluding hydrogens is 300 g/mol. The summed E-state index contributed by atoms with van der Waals surface area (Å²) >= 11 is 0. The lowest BCUT2D eigenvalue weighted by atomic mass is 9.83. The van der Waals surface area contributed by atoms with Crippen LogP contribution < -0.4 is 10.6 Å². The normalized spacial score (nSPS) is 29.0. The van der Waals surface area contributed by atoms with Crippen molar-refractivity contribution in [3.63, 3.8) is 0 Å². The molecule has 0 spiro atoms. The van der Waals surface area contributed by atoms with Crippen LogP contribution in [0.15, 0.2) is 0 Å². The number of nitrogens with one attached hydrogen (secondary N) is 2. The molecule has 0 aromatic carbocycles. The van der Waals surface area contributed by atoms with Crippen molar-refractivity contribution in [2.24, 2.45) is 5.92 Å². The van der Waals surface area contributed by atoms with E-state index in [1.165, 1.54) is 19.1 Å². The van der Waals surface area contributed by atoms with Crippen LogP contribution in [0.3, 0.4) is 0 Å². The lowest BCUT2D eigenvalue weighted by Crippen LogP contribution is -2.59. The number of piperidine rings is 1. The summed E-state index contributed by atoms with van der Waals surface area (Å²) in [7, 11) is -3.41. The zero-order valence-corrected chi connectivity index (χ0v) is 14.7. The van der Waals surface area contributed by atoms with Crippen LogP contribution >= 0.6 is 0 Å². The Balaban J connectivity index is 1.98. The smallest absolute Gasteiger partial charge is 0.241 e. The number of carbonyl (C=O) groups is 1. The first-order chi connectivity index (χ1) is 10.4. The van der Waals surface area contributed by atoms with Crippen LogP contribution in [0.4, 0.5) is 0 Å². The molecule has 1 aliphatic heterocycles. The molecule has 0 radical (unpaired) electrons. The van der Waals surface area contributed by atoms with Crippen LogP contribution in [0.1, 0.15) is 58.3 Å². The Morgan fingerprint density at radius 1 is 1.18 bits per heavy atom. The molecule has 0 unspecified atom stereocenters. The Kier molecular flexibility index (Phi) is 5.88. The fraction of sp³-hybridized carbons (Fsp3) is 0.938. The molecule has 5 nitrogen and oxygen atoms in total. The minimum absolute atomic E-state index is 0.147. The average Bonchev–Trinajstić information content (AvgIpc) is 2.49. The van der Waals surface area contributed by atoms with Crippen LogP contribution in [0, 0.1) is 5.92 Å². The largest absolute Gasteiger partial charge is 0.352 e. The summed E-state index contributed by atoms with van der Waals surface area (Å²) in [5.74, 6) is 0.511. The van der Waals surface area contributed by atoms with Gasteiger partial charge in [-0.1, -0.05) is 19.8 Å². The van der Waals surface area contributed by atoms with Crippen molar-refractivity contribution in [2.75, 3.05) is 19.3 Å². The number of hydrogen-bond acceptors (Lipinski definition) is 4. The fourth-order valence-electron chi connectivity index (χ4n) is 3.92. The summed E-state index contributed by atoms with van der Waals surface area (Å²) < 4.78 is 23.3. The molecule has 2 aliphatic rings. The zero-order valence-electron chi connectivity index (χ0n) is 13.9. The van der Waals surface area contributed by atoms with Gasteiger partial charge in [0.15, 0.2) is 14.6 Å². The van der Waals surface area contributed by atoms with Gasteiger partial charge in [-0.15, -0.1) is 0 Å². The predicted molar refractivity (Wildman–Crippen MR) is 88.5 cm³/mol. The highest BCUT2D eigenvalue weighted by Crippen LogP contribution is 2.31. The molecule has 1 saturated carbocycles. The van der Waals surface area contributed by atoms with E-state index >= 15 is 0 Å². The topological polar surface area (TPSA) is 75.3 Å². The van der Waals surface area contributed by atoms with E-state index in [-0.39, 0.29) is 11.9 Å². The molecule has 0 aromatic heterocycles. The molecule has 6 heteroatoms. The first kappa shape index (κ1) is 17.7. The number of rotatable bonds is 5. The van der Waals surface area contributed by atoms with Crippen molar-refractivity contribution in [1.29, 1.82) is 0 Å². The highest BCUT2D eigenvalue weighted by molar-refractivity contribution is 7.92. The maximum absolute atomic E-state index is 12.7. The van der Waals surface area contributed by atoms with Crippen LogP contribution in [0.25, 0.3) is 0 Å². The van der Waals surface area contributed by atoms with Crippen molar-refractivity contribution in [3.8, 4) is 0 Å². The van der Waals surface area contributed by atoms with E-state index in [2.05, 4.69) is 17.6 Å². The summed E-state index contributed by atoms with van der Waals surface area (Å²) in [6, 6.07) is 0.147. The fourth-order valence-corrected chi connectivity index (χ4v) is 5.26. The summed E-state index contributed by atoms with van der Waals surface area (Å²) in [6.07, 6.45) is 8.69. The highest BCUT2D eigenvalue weighted by atomic mass is 32.2. The molecular formula is C16H30N2O3S. The number of carbonyl (C=O) groups excluding carboxylic acids is 1. The van der Waals surface area contributed by atoms with Gasteiger partial charge in [0.25, 0.3) is 0 Å². The third-order valence-corrected chi connectivity index (χ3v) is 7.43. The second kappa shape index (κ2) is 7.30. The van der Waals surface area contributed by atoms with Crippen molar-refractivity contribution >= 4 is 15.7 Å². The van der Waals surface area contributed by atoms with E-state index in [0.717, 1.165) is 31.6 Å². The molecule has 0 bridgehead atoms. The zero-order chi connectivity index (χ0) is 16.2. The van der Waals surface area contributed by atoms with Crippen LogP contribution in [0.2, 0.25) is 0 Å². The van der Waals surface area contributed by atoms with Crippen molar-refractivity contribution in [2.45, 2.75) is 69.1 Å². The SMILES string of the molecule is CCCC1CCC(NC(=O)C2(S(C)(=O)=O)CCNCC2)CC1. The highest BCUT2D eigenvalue weighted by Gasteiger charge is 2.49. The molecule has 1 heterocycles. The Bertz CT molecular complexity index is 476. The second-order valence-corrected chi connectivity index (χ2v) is 9.32. The predicted octanol–water partition coefficient (Wildman–Crippen LogP) is 1.63. The quantitative estimate of drug-likeness (QED) is 0.803. The minimum atomic E-state index is -3.41. The lowest BCUT2D eigenvalue weighted by Gasteiger charge is -2.37. The van der Waals surface area contributed by atoms with Gasteiger partial charge in [-0.2, -0.15) is 0 Å². The molecule has 2 rings (SSSR count). The molecule has 1 saturated heterocycles. The average molecular weight is 330 g/mol. The maximum atomic E-state index is 12.7. The van der Waals surface area contributed by atoms with E-state index in [9.17, 15) is 13.2 Å². The van der Waals surface area contributed by atoms with E-state index in [4.69, 9.17) is 0 Å². The van der Waals surface area contributed by atoms with Crippen molar-refractivity contribution in [1.82, 2.24) is 10.6 Å². The molecule has 0 atom stereocenters.